The predicted octanol–water partition coefficient (Wildman–Crippen LogP) is -1.81. The van der Waals surface area contributed by atoms with Gasteiger partial charge in [-0.25, -0.2) is 9.59 Å². The number of hydrogen-bond donors (Lipinski definition) is 0. The average molecular weight is 418 g/mol. The fraction of sp³-hybridized carbons (Fsp3) is 0.733. The lowest BCUT2D eigenvalue weighted by atomic mass is 10.1. The topological polar surface area (TPSA) is 127 Å². The Labute approximate surface area is 159 Å². The molecule has 0 bridgehead atoms. The second kappa shape index (κ2) is 6.97. The van der Waals surface area contributed by atoms with Crippen LogP contribution in [0.25, 0.3) is 0 Å². The summed E-state index contributed by atoms with van der Waals surface area (Å²) in [7, 11) is -2.32. The molecule has 0 aromatic rings. The van der Waals surface area contributed by atoms with E-state index in [1.54, 1.807) is 0 Å². The molecule has 4 fully saturated rings. The number of fused-ring (bicyclic) bond motifs is 2. The zero-order valence-electron chi connectivity index (χ0n) is 14.2. The summed E-state index contributed by atoms with van der Waals surface area (Å²) in [4.78, 5) is 50.3. The molecule has 0 saturated carbocycles. The number of β-lactam (4-membered cyclic amide) rings is 2. The van der Waals surface area contributed by atoms with Crippen LogP contribution >= 0.6 is 0 Å². The van der Waals surface area contributed by atoms with Crippen molar-refractivity contribution in [3.63, 3.8) is 0 Å². The molecule has 10 nitrogen and oxygen atoms in total. The van der Waals surface area contributed by atoms with Gasteiger partial charge in [-0.1, -0.05) is 0 Å². The molecule has 0 aromatic heterocycles. The van der Waals surface area contributed by atoms with Crippen LogP contribution in [0.2, 0.25) is 0 Å². The summed E-state index contributed by atoms with van der Waals surface area (Å²) in [5.41, 5.74) is 0. The van der Waals surface area contributed by atoms with E-state index < -0.39 is 63.2 Å². The summed E-state index contributed by atoms with van der Waals surface area (Å²) in [5, 5.41) is -0.882. The van der Waals surface area contributed by atoms with E-state index in [4.69, 9.17) is 9.47 Å². The third kappa shape index (κ3) is 3.08. The van der Waals surface area contributed by atoms with E-state index in [9.17, 15) is 27.6 Å². The molecule has 0 radical (unpaired) electrons. The molecule has 12 heteroatoms. The van der Waals surface area contributed by atoms with E-state index in [0.29, 0.717) is 11.5 Å². The fourth-order valence-electron chi connectivity index (χ4n) is 3.80. The third-order valence-corrected chi connectivity index (χ3v) is 8.58. The number of hydrogen-bond acceptors (Lipinski definition) is 8. The minimum atomic E-state index is -1.16. The highest BCUT2D eigenvalue weighted by Gasteiger charge is 2.51. The fourth-order valence-corrected chi connectivity index (χ4v) is 6.95. The molecule has 2 amide bonds. The summed E-state index contributed by atoms with van der Waals surface area (Å²) in [6, 6.07) is -1.63. The Morgan fingerprint density at radius 3 is 1.63 bits per heavy atom. The summed E-state index contributed by atoms with van der Waals surface area (Å²) in [6.45, 7) is -0.629. The molecule has 6 atom stereocenters. The van der Waals surface area contributed by atoms with E-state index in [1.165, 1.54) is 9.80 Å². The van der Waals surface area contributed by atoms with Crippen molar-refractivity contribution in [3.05, 3.63) is 0 Å². The quantitative estimate of drug-likeness (QED) is 0.297. The first kappa shape index (κ1) is 18.5. The Morgan fingerprint density at radius 1 is 0.852 bits per heavy atom. The van der Waals surface area contributed by atoms with Crippen LogP contribution in [0.5, 0.6) is 0 Å². The smallest absolute Gasteiger partial charge is 0.331 e. The molecule has 4 unspecified atom stereocenters. The van der Waals surface area contributed by atoms with Crippen LogP contribution in [0.15, 0.2) is 0 Å². The first-order valence-corrected chi connectivity index (χ1v) is 11.3. The highest BCUT2D eigenvalue weighted by Crippen LogP contribution is 2.33. The Morgan fingerprint density at radius 2 is 1.26 bits per heavy atom. The molecule has 0 aliphatic carbocycles. The maximum atomic E-state index is 12.2. The van der Waals surface area contributed by atoms with Gasteiger partial charge in [0.15, 0.2) is 0 Å². The van der Waals surface area contributed by atoms with E-state index in [2.05, 4.69) is 0 Å². The van der Waals surface area contributed by atoms with Gasteiger partial charge in [0, 0.05) is 33.1 Å². The molecule has 0 N–H and O–H groups in total. The van der Waals surface area contributed by atoms with Gasteiger partial charge < -0.3 is 19.3 Å². The minimum absolute atomic E-state index is 0.166. The van der Waals surface area contributed by atoms with Gasteiger partial charge in [0.05, 0.1) is 12.8 Å². The number of carbonyl (C=O) groups excluding carboxylic acids is 4. The van der Waals surface area contributed by atoms with Gasteiger partial charge in [-0.15, -0.1) is 0 Å². The first-order valence-electron chi connectivity index (χ1n) is 8.58. The monoisotopic (exact) mass is 418 g/mol. The van der Waals surface area contributed by atoms with Gasteiger partial charge in [-0.05, 0) is 12.8 Å². The van der Waals surface area contributed by atoms with Crippen molar-refractivity contribution in [1.82, 2.24) is 9.80 Å². The lowest BCUT2D eigenvalue weighted by Gasteiger charge is -2.47. The zero-order chi connectivity index (χ0) is 19.3. The van der Waals surface area contributed by atoms with Crippen molar-refractivity contribution in [2.45, 2.75) is 48.5 Å². The number of rotatable bonds is 4. The number of amides is 2. The molecule has 4 saturated heterocycles. The van der Waals surface area contributed by atoms with Gasteiger partial charge in [-0.3, -0.25) is 18.0 Å². The lowest BCUT2D eigenvalue weighted by molar-refractivity contribution is -0.181. The van der Waals surface area contributed by atoms with Crippen molar-refractivity contribution < 1.29 is 37.1 Å². The number of esters is 2. The largest absolute Gasteiger partial charge is 0.426 e. The van der Waals surface area contributed by atoms with Crippen LogP contribution in [-0.4, -0.2) is 83.1 Å². The maximum Gasteiger partial charge on any atom is 0.331 e. The molecule has 4 aliphatic rings. The van der Waals surface area contributed by atoms with E-state index in [-0.39, 0.29) is 37.5 Å². The van der Waals surface area contributed by atoms with Crippen LogP contribution in [0.4, 0.5) is 0 Å². The molecule has 148 valence electrons. The minimum Gasteiger partial charge on any atom is -0.426 e. The van der Waals surface area contributed by atoms with Crippen molar-refractivity contribution >= 4 is 45.4 Å². The maximum absolute atomic E-state index is 12.2. The van der Waals surface area contributed by atoms with Crippen LogP contribution in [0, 0.1) is 0 Å². The van der Waals surface area contributed by atoms with E-state index in [0.717, 1.165) is 0 Å². The molecule has 4 heterocycles. The summed E-state index contributed by atoms with van der Waals surface area (Å²) < 4.78 is 33.5. The Hall–Kier alpha value is -1.82. The predicted molar refractivity (Wildman–Crippen MR) is 90.4 cm³/mol. The molecular weight excluding hydrogens is 400 g/mol. The van der Waals surface area contributed by atoms with Crippen molar-refractivity contribution in [1.29, 1.82) is 0 Å². The van der Waals surface area contributed by atoms with Crippen molar-refractivity contribution in [2.75, 3.05) is 18.3 Å². The highest BCUT2D eigenvalue weighted by molar-refractivity contribution is 7.86. The molecule has 4 rings (SSSR count). The van der Waals surface area contributed by atoms with Gasteiger partial charge in [0.1, 0.15) is 22.8 Å². The second-order valence-electron chi connectivity index (χ2n) is 6.74. The summed E-state index contributed by atoms with van der Waals surface area (Å²) in [6.07, 6.45) is 0.805. The summed E-state index contributed by atoms with van der Waals surface area (Å²) in [5.74, 6) is -1.29. The molecule has 27 heavy (non-hydrogen) atoms. The van der Waals surface area contributed by atoms with Gasteiger partial charge in [0.25, 0.3) is 0 Å². The summed E-state index contributed by atoms with van der Waals surface area (Å²) >= 11 is 0. The standard InChI is InChI=1S/C15H18N2O8S2/c18-10-5-12-16(10)8(1-3-26(12)22)14(20)24-7-25-15(21)9-2-4-27(23)13-6-11(19)17(9)13/h8-9,12-13H,1-7H2/t8?,9?,12-,13-,26?,27?/m0/s1. The molecule has 0 spiro atoms. The van der Waals surface area contributed by atoms with Crippen LogP contribution in [0.1, 0.15) is 25.7 Å². The number of carbonyl (C=O) groups is 4. The Kier molecular flexibility index (Phi) is 4.78. The zero-order valence-corrected chi connectivity index (χ0v) is 15.9. The lowest BCUT2D eigenvalue weighted by Crippen LogP contribution is -2.65. The van der Waals surface area contributed by atoms with E-state index >= 15 is 0 Å². The molecule has 4 aliphatic heterocycles. The molecule has 0 aromatic carbocycles. The van der Waals surface area contributed by atoms with Crippen molar-refractivity contribution in [2.24, 2.45) is 0 Å². The average Bonchev–Trinajstić information content (AvgIpc) is 2.62. The SMILES string of the molecule is O=C(OCOC(=O)C1CCS(=O)[C@H]2CC(=O)N12)C1CCS(=O)[C@H]2CC(=O)N12. The second-order valence-corrected chi connectivity index (χ2v) is 10.2. The van der Waals surface area contributed by atoms with Crippen LogP contribution < -0.4 is 0 Å². The van der Waals surface area contributed by atoms with E-state index in [1.807, 2.05) is 0 Å². The van der Waals surface area contributed by atoms with Crippen molar-refractivity contribution in [3.8, 4) is 0 Å². The first-order chi connectivity index (χ1) is 12.9. The van der Waals surface area contributed by atoms with Gasteiger partial charge >= 0.3 is 11.9 Å². The number of ether oxygens (including phenoxy) is 2. The van der Waals surface area contributed by atoms with Gasteiger partial charge in [-0.2, -0.15) is 0 Å². The molecular formula is C15H18N2O8S2. The normalized spacial score (nSPS) is 37.5. The van der Waals surface area contributed by atoms with Crippen LogP contribution in [0.3, 0.4) is 0 Å². The number of nitrogens with zero attached hydrogens (tertiary/aromatic N) is 2. The van der Waals surface area contributed by atoms with Gasteiger partial charge in [0.2, 0.25) is 18.6 Å². The third-order valence-electron chi connectivity index (χ3n) is 5.30. The highest BCUT2D eigenvalue weighted by atomic mass is 32.2. The Balaban J connectivity index is 1.28. The van der Waals surface area contributed by atoms with Crippen LogP contribution in [-0.2, 0) is 50.3 Å². The Bertz CT molecular complexity index is 709.